The van der Waals surface area contributed by atoms with Crippen LogP contribution >= 0.6 is 23.5 Å². The van der Waals surface area contributed by atoms with Crippen molar-refractivity contribution in [3.05, 3.63) is 72.3 Å². The highest BCUT2D eigenvalue weighted by Gasteiger charge is 2.36. The Morgan fingerprint density at radius 1 is 0.957 bits per heavy atom. The topological polar surface area (TPSA) is 105 Å². The zero-order valence-corrected chi connectivity index (χ0v) is 28.7. The summed E-state index contributed by atoms with van der Waals surface area (Å²) >= 11 is 3.78. The minimum absolute atomic E-state index is 0.0141. The van der Waals surface area contributed by atoms with Crippen LogP contribution in [0.15, 0.2) is 66.7 Å². The number of ether oxygens (including phenoxy) is 1. The summed E-state index contributed by atoms with van der Waals surface area (Å²) in [4.78, 5) is 28.4. The van der Waals surface area contributed by atoms with Gasteiger partial charge < -0.3 is 25.8 Å². The maximum atomic E-state index is 13.5. The lowest BCUT2D eigenvalue weighted by molar-refractivity contribution is -0.116. The molecule has 1 aliphatic rings. The fraction of sp³-hybridized carbons (Fsp3) is 0.368. The number of hydrogen-bond acceptors (Lipinski definition) is 7. The van der Waals surface area contributed by atoms with Crippen LogP contribution in [0, 0.1) is 0 Å². The molecule has 6 rings (SSSR count). The molecular formula is C38H43N3O4S2. The molecule has 5 aromatic rings. The number of carbonyl (C=O) groups excluding carboxylic acids is 2. The van der Waals surface area contributed by atoms with Crippen LogP contribution in [0.4, 0.5) is 11.4 Å². The second kappa shape index (κ2) is 14.9. The smallest absolute Gasteiger partial charge is 0.256 e. The number of amides is 2. The molecule has 1 aliphatic heterocycles. The third-order valence-electron chi connectivity index (χ3n) is 9.01. The van der Waals surface area contributed by atoms with Gasteiger partial charge in [-0.1, -0.05) is 62.4 Å². The fourth-order valence-corrected chi connectivity index (χ4v) is 9.64. The minimum atomic E-state index is -0.134. The van der Waals surface area contributed by atoms with E-state index in [4.69, 9.17) is 10.5 Å². The van der Waals surface area contributed by atoms with Gasteiger partial charge in [0.25, 0.3) is 5.91 Å². The number of phenolic OH excluding ortho intramolecular Hbond substituents is 1. The van der Waals surface area contributed by atoms with Crippen molar-refractivity contribution in [2.45, 2.75) is 63.0 Å². The Balaban J connectivity index is 0.993. The lowest BCUT2D eigenvalue weighted by atomic mass is 9.93. The molecule has 5 aromatic carbocycles. The summed E-state index contributed by atoms with van der Waals surface area (Å²) < 4.78 is 6.17. The monoisotopic (exact) mass is 669 g/mol. The number of benzene rings is 5. The number of nitrogen functional groups attached to an aromatic ring is 1. The highest BCUT2D eigenvalue weighted by atomic mass is 32.2. The first kappa shape index (κ1) is 33.1. The van der Waals surface area contributed by atoms with Crippen molar-refractivity contribution in [1.29, 1.82) is 0 Å². The molecule has 0 aromatic heterocycles. The van der Waals surface area contributed by atoms with Crippen molar-refractivity contribution >= 4 is 79.0 Å². The van der Waals surface area contributed by atoms with Crippen molar-refractivity contribution in [3.8, 4) is 11.5 Å². The van der Waals surface area contributed by atoms with Gasteiger partial charge in [0.15, 0.2) is 11.5 Å². The van der Waals surface area contributed by atoms with Crippen LogP contribution in [0.1, 0.15) is 62.7 Å². The highest BCUT2D eigenvalue weighted by Crippen LogP contribution is 2.39. The summed E-state index contributed by atoms with van der Waals surface area (Å²) in [6, 6.07) is 22.0. The standard InChI is InChI=1S/C38H43N3O4S2/c1-3-46-38(47-4-2)31-12-9-20-41(31)37(44)28-22-32(42)33(23-29(28)39)45-21-7-5-6-13-34(43)40-30-19-17-26-15-14-24-10-8-11-25-16-18-27(30)36(26)35(24)25/h8,10-11,14-19,22-23,31,38,42H,3-7,9,12-13,20-21,39H2,1-2H3,(H,40,43)/t31-/m0/s1. The summed E-state index contributed by atoms with van der Waals surface area (Å²) in [6.45, 7) is 5.37. The number of nitrogens with two attached hydrogens (primary N) is 1. The van der Waals surface area contributed by atoms with Gasteiger partial charge in [0.1, 0.15) is 0 Å². The number of hydrogen-bond donors (Lipinski definition) is 3. The zero-order valence-electron chi connectivity index (χ0n) is 27.1. The number of aromatic hydroxyl groups is 1. The number of thioether (sulfide) groups is 2. The van der Waals surface area contributed by atoms with Crippen LogP contribution in [0.3, 0.4) is 0 Å². The number of nitrogens with one attached hydrogen (secondary N) is 1. The molecule has 0 bridgehead atoms. The van der Waals surface area contributed by atoms with Gasteiger partial charge in [-0.2, -0.15) is 0 Å². The molecule has 7 nitrogen and oxygen atoms in total. The van der Waals surface area contributed by atoms with E-state index >= 15 is 0 Å². The van der Waals surface area contributed by atoms with Crippen LogP contribution in [-0.4, -0.2) is 57.1 Å². The first-order valence-corrected chi connectivity index (χ1v) is 18.7. The molecule has 0 spiro atoms. The molecule has 0 unspecified atom stereocenters. The minimum Gasteiger partial charge on any atom is -0.504 e. The van der Waals surface area contributed by atoms with Crippen molar-refractivity contribution in [1.82, 2.24) is 4.90 Å². The number of rotatable bonds is 14. The van der Waals surface area contributed by atoms with Gasteiger partial charge in [0, 0.05) is 35.8 Å². The molecular weight excluding hydrogens is 627 g/mol. The lowest BCUT2D eigenvalue weighted by Crippen LogP contribution is -2.41. The van der Waals surface area contributed by atoms with E-state index in [9.17, 15) is 14.7 Å². The third kappa shape index (κ3) is 7.06. The number of anilines is 2. The summed E-state index contributed by atoms with van der Waals surface area (Å²) in [5, 5.41) is 20.9. The molecule has 1 fully saturated rings. The predicted octanol–water partition coefficient (Wildman–Crippen LogP) is 8.89. The molecule has 1 atom stereocenters. The van der Waals surface area contributed by atoms with Crippen molar-refractivity contribution in [2.24, 2.45) is 0 Å². The second-order valence-corrected chi connectivity index (χ2v) is 15.2. The molecule has 1 heterocycles. The average Bonchev–Trinajstić information content (AvgIpc) is 3.57. The van der Waals surface area contributed by atoms with Crippen LogP contribution in [-0.2, 0) is 4.79 Å². The Morgan fingerprint density at radius 2 is 1.66 bits per heavy atom. The summed E-state index contributed by atoms with van der Waals surface area (Å²) in [7, 11) is 0. The van der Waals surface area contributed by atoms with Gasteiger partial charge in [0.05, 0.1) is 22.8 Å². The average molecular weight is 670 g/mol. The zero-order chi connectivity index (χ0) is 32.9. The molecule has 9 heteroatoms. The fourth-order valence-electron chi connectivity index (χ4n) is 6.77. The molecule has 0 saturated carbocycles. The van der Waals surface area contributed by atoms with Crippen LogP contribution in [0.5, 0.6) is 11.5 Å². The van der Waals surface area contributed by atoms with Crippen LogP contribution < -0.4 is 15.8 Å². The Labute approximate surface area is 284 Å². The van der Waals surface area contributed by atoms with Crippen molar-refractivity contribution in [3.63, 3.8) is 0 Å². The summed E-state index contributed by atoms with van der Waals surface area (Å²) in [6.07, 6.45) is 4.58. The van der Waals surface area contributed by atoms with E-state index < -0.39 is 0 Å². The van der Waals surface area contributed by atoms with Crippen LogP contribution in [0.2, 0.25) is 0 Å². The van der Waals surface area contributed by atoms with Gasteiger partial charge in [-0.3, -0.25) is 9.59 Å². The molecule has 4 N–H and O–H groups in total. The van der Waals surface area contributed by atoms with E-state index in [0.29, 0.717) is 48.2 Å². The molecule has 47 heavy (non-hydrogen) atoms. The second-order valence-electron chi connectivity index (χ2n) is 12.1. The van der Waals surface area contributed by atoms with E-state index in [1.54, 1.807) is 6.07 Å². The Hall–Kier alpha value is -3.82. The highest BCUT2D eigenvalue weighted by molar-refractivity contribution is 8.17. The normalized spacial score (nSPS) is 15.0. The van der Waals surface area contributed by atoms with Gasteiger partial charge in [-0.15, -0.1) is 23.5 Å². The van der Waals surface area contributed by atoms with E-state index in [1.165, 1.54) is 27.6 Å². The maximum Gasteiger partial charge on any atom is 0.256 e. The Bertz CT molecular complexity index is 1860. The van der Waals surface area contributed by atoms with Gasteiger partial charge in [0.2, 0.25) is 5.91 Å². The van der Waals surface area contributed by atoms with Gasteiger partial charge >= 0.3 is 0 Å². The maximum absolute atomic E-state index is 13.5. The largest absolute Gasteiger partial charge is 0.504 e. The molecule has 246 valence electrons. The Kier molecular flexibility index (Phi) is 10.5. The lowest BCUT2D eigenvalue weighted by Gasteiger charge is -2.31. The van der Waals surface area contributed by atoms with Crippen LogP contribution in [0.25, 0.3) is 32.3 Å². The number of likely N-dealkylation sites (tertiary alicyclic amines) is 1. The van der Waals surface area contributed by atoms with E-state index in [1.807, 2.05) is 34.5 Å². The van der Waals surface area contributed by atoms with Gasteiger partial charge in [-0.25, -0.2) is 0 Å². The quantitative estimate of drug-likeness (QED) is 0.0357. The van der Waals surface area contributed by atoms with E-state index in [2.05, 4.69) is 67.7 Å². The number of nitrogens with zero attached hydrogens (tertiary/aromatic N) is 1. The number of phenols is 1. The molecule has 1 saturated heterocycles. The number of unbranched alkanes of at least 4 members (excludes halogenated alkanes) is 2. The number of carbonyl (C=O) groups is 2. The molecule has 2 amide bonds. The first-order chi connectivity index (χ1) is 22.9. The molecule has 0 aliphatic carbocycles. The summed E-state index contributed by atoms with van der Waals surface area (Å²) in [5.41, 5.74) is 7.79. The predicted molar refractivity (Wildman–Crippen MR) is 199 cm³/mol. The van der Waals surface area contributed by atoms with Crippen molar-refractivity contribution in [2.75, 3.05) is 35.7 Å². The van der Waals surface area contributed by atoms with Crippen molar-refractivity contribution < 1.29 is 19.4 Å². The first-order valence-electron chi connectivity index (χ1n) is 16.7. The Morgan fingerprint density at radius 3 is 2.40 bits per heavy atom. The third-order valence-corrected chi connectivity index (χ3v) is 11.8. The van der Waals surface area contributed by atoms with E-state index in [0.717, 1.165) is 47.2 Å². The summed E-state index contributed by atoms with van der Waals surface area (Å²) in [5.74, 6) is 2.03. The van der Waals surface area contributed by atoms with E-state index in [-0.39, 0.29) is 29.4 Å². The molecule has 0 radical (unpaired) electrons. The SMILES string of the molecule is CCSC(SCC)[C@@H]1CCCN1C(=O)c1cc(O)c(OCCCCCC(=O)Nc2ccc3ccc4cccc5ccc2c3c45)cc1N. The van der Waals surface area contributed by atoms with Gasteiger partial charge in [-0.05, 0) is 82.7 Å².